The first-order chi connectivity index (χ1) is 10.7. The zero-order chi connectivity index (χ0) is 15.8. The van der Waals surface area contributed by atoms with Crippen molar-refractivity contribution in [3.63, 3.8) is 0 Å². The lowest BCUT2D eigenvalue weighted by molar-refractivity contribution is 0.292. The molecular formula is C18H28BrNO2. The third-order valence-corrected chi connectivity index (χ3v) is 4.78. The molecular weight excluding hydrogens is 342 g/mol. The van der Waals surface area contributed by atoms with Gasteiger partial charge in [-0.15, -0.1) is 0 Å². The predicted octanol–water partition coefficient (Wildman–Crippen LogP) is 5.06. The smallest absolute Gasteiger partial charge is 0.175 e. The number of nitrogens with one attached hydrogen (secondary N) is 1. The van der Waals surface area contributed by atoms with E-state index in [1.165, 1.54) is 44.1 Å². The molecule has 0 radical (unpaired) electrons. The van der Waals surface area contributed by atoms with E-state index in [2.05, 4.69) is 40.3 Å². The number of benzene rings is 1. The Hall–Kier alpha value is -0.740. The van der Waals surface area contributed by atoms with E-state index in [-0.39, 0.29) is 0 Å². The summed E-state index contributed by atoms with van der Waals surface area (Å²) < 4.78 is 12.2. The maximum absolute atomic E-state index is 5.78. The largest absolute Gasteiger partial charge is 0.493 e. The summed E-state index contributed by atoms with van der Waals surface area (Å²) in [5, 5.41) is 3.70. The molecule has 1 aromatic carbocycles. The van der Waals surface area contributed by atoms with Crippen molar-refractivity contribution in [3.05, 3.63) is 22.2 Å². The van der Waals surface area contributed by atoms with E-state index in [1.54, 1.807) is 7.11 Å². The van der Waals surface area contributed by atoms with Crippen LogP contribution in [0.5, 0.6) is 11.5 Å². The fraction of sp³-hybridized carbons (Fsp3) is 0.667. The molecule has 0 aliphatic heterocycles. The van der Waals surface area contributed by atoms with Crippen LogP contribution in [0.4, 0.5) is 0 Å². The Labute approximate surface area is 142 Å². The van der Waals surface area contributed by atoms with Crippen molar-refractivity contribution in [2.45, 2.75) is 64.5 Å². The summed E-state index contributed by atoms with van der Waals surface area (Å²) in [6.45, 7) is 3.69. The molecule has 0 spiro atoms. The first-order valence-electron chi connectivity index (χ1n) is 8.47. The van der Waals surface area contributed by atoms with Crippen LogP contribution in [0.25, 0.3) is 0 Å². The van der Waals surface area contributed by atoms with Gasteiger partial charge in [0.2, 0.25) is 0 Å². The van der Waals surface area contributed by atoms with E-state index in [9.17, 15) is 0 Å². The van der Waals surface area contributed by atoms with E-state index in [4.69, 9.17) is 9.47 Å². The molecule has 1 fully saturated rings. The number of halogens is 1. The van der Waals surface area contributed by atoms with Gasteiger partial charge in [0, 0.05) is 12.6 Å². The lowest BCUT2D eigenvalue weighted by atomic mass is 10.1. The second-order valence-corrected chi connectivity index (χ2v) is 6.88. The molecule has 3 nitrogen and oxygen atoms in total. The van der Waals surface area contributed by atoms with Crippen molar-refractivity contribution in [2.24, 2.45) is 0 Å². The Morgan fingerprint density at radius 3 is 2.55 bits per heavy atom. The van der Waals surface area contributed by atoms with Crippen molar-refractivity contribution < 1.29 is 9.47 Å². The Balaban J connectivity index is 1.99. The molecule has 0 saturated heterocycles. The molecule has 0 atom stereocenters. The van der Waals surface area contributed by atoms with E-state index in [0.29, 0.717) is 12.6 Å². The second-order valence-electron chi connectivity index (χ2n) is 6.03. The maximum atomic E-state index is 5.78. The van der Waals surface area contributed by atoms with Crippen LogP contribution in [0.2, 0.25) is 0 Å². The van der Waals surface area contributed by atoms with Gasteiger partial charge in [0.05, 0.1) is 18.2 Å². The highest BCUT2D eigenvalue weighted by Crippen LogP contribution is 2.36. The number of methoxy groups -OCH3 is 1. The molecule has 4 heteroatoms. The first kappa shape index (κ1) is 17.6. The lowest BCUT2D eigenvalue weighted by Crippen LogP contribution is -2.27. The standard InChI is InChI=1S/C18H28BrNO2/c1-3-10-22-18-16(19)11-14(12-17(18)21-2)13-20-15-8-6-4-5-7-9-15/h11-12,15,20H,3-10,13H2,1-2H3. The number of rotatable bonds is 7. The summed E-state index contributed by atoms with van der Waals surface area (Å²) in [6, 6.07) is 4.87. The van der Waals surface area contributed by atoms with Gasteiger partial charge in [0.1, 0.15) is 0 Å². The van der Waals surface area contributed by atoms with Crippen molar-refractivity contribution in [2.75, 3.05) is 13.7 Å². The van der Waals surface area contributed by atoms with Crippen LogP contribution in [0.15, 0.2) is 16.6 Å². The molecule has 1 aliphatic carbocycles. The third-order valence-electron chi connectivity index (χ3n) is 4.19. The fourth-order valence-electron chi connectivity index (χ4n) is 2.97. The number of ether oxygens (including phenoxy) is 2. The Morgan fingerprint density at radius 2 is 1.91 bits per heavy atom. The van der Waals surface area contributed by atoms with Gasteiger partial charge in [-0.05, 0) is 52.9 Å². The van der Waals surface area contributed by atoms with Gasteiger partial charge < -0.3 is 14.8 Å². The summed E-state index contributed by atoms with van der Waals surface area (Å²) in [4.78, 5) is 0. The highest BCUT2D eigenvalue weighted by atomic mass is 79.9. The SMILES string of the molecule is CCCOc1c(Br)cc(CNC2CCCCCC2)cc1OC. The molecule has 1 aromatic rings. The van der Waals surface area contributed by atoms with Crippen LogP contribution in [0.1, 0.15) is 57.4 Å². The molecule has 2 rings (SSSR count). The summed E-state index contributed by atoms with van der Waals surface area (Å²) in [5.41, 5.74) is 1.23. The number of hydrogen-bond acceptors (Lipinski definition) is 3. The predicted molar refractivity (Wildman–Crippen MR) is 94.8 cm³/mol. The minimum Gasteiger partial charge on any atom is -0.493 e. The number of hydrogen-bond donors (Lipinski definition) is 1. The minimum absolute atomic E-state index is 0.656. The molecule has 1 saturated carbocycles. The van der Waals surface area contributed by atoms with Gasteiger partial charge >= 0.3 is 0 Å². The minimum atomic E-state index is 0.656. The highest BCUT2D eigenvalue weighted by Gasteiger charge is 2.14. The zero-order valence-corrected chi connectivity index (χ0v) is 15.4. The molecule has 1 aliphatic rings. The lowest BCUT2D eigenvalue weighted by Gasteiger charge is -2.18. The van der Waals surface area contributed by atoms with Crippen molar-refractivity contribution >= 4 is 15.9 Å². The molecule has 0 unspecified atom stereocenters. The molecule has 0 aromatic heterocycles. The monoisotopic (exact) mass is 369 g/mol. The summed E-state index contributed by atoms with van der Waals surface area (Å²) in [5.74, 6) is 1.61. The first-order valence-corrected chi connectivity index (χ1v) is 9.26. The van der Waals surface area contributed by atoms with Gasteiger partial charge in [0.25, 0.3) is 0 Å². The van der Waals surface area contributed by atoms with Crippen molar-refractivity contribution in [3.8, 4) is 11.5 Å². The summed E-state index contributed by atoms with van der Waals surface area (Å²) in [7, 11) is 1.70. The molecule has 0 heterocycles. The quantitative estimate of drug-likeness (QED) is 0.681. The summed E-state index contributed by atoms with van der Waals surface area (Å²) in [6.07, 6.45) is 9.08. The van der Waals surface area contributed by atoms with Crippen LogP contribution in [-0.2, 0) is 6.54 Å². The second kappa shape index (κ2) is 9.41. The topological polar surface area (TPSA) is 30.5 Å². The molecule has 124 valence electrons. The third kappa shape index (κ3) is 5.17. The Morgan fingerprint density at radius 1 is 1.18 bits per heavy atom. The Kier molecular flexibility index (Phi) is 7.53. The van der Waals surface area contributed by atoms with E-state index < -0.39 is 0 Å². The van der Waals surface area contributed by atoms with Gasteiger partial charge in [-0.1, -0.05) is 32.6 Å². The van der Waals surface area contributed by atoms with Gasteiger partial charge in [-0.25, -0.2) is 0 Å². The fourth-order valence-corrected chi connectivity index (χ4v) is 3.57. The van der Waals surface area contributed by atoms with Crippen LogP contribution in [-0.4, -0.2) is 19.8 Å². The zero-order valence-electron chi connectivity index (χ0n) is 13.8. The van der Waals surface area contributed by atoms with Gasteiger partial charge in [-0.2, -0.15) is 0 Å². The maximum Gasteiger partial charge on any atom is 0.175 e. The normalized spacial score (nSPS) is 16.3. The van der Waals surface area contributed by atoms with Crippen LogP contribution < -0.4 is 14.8 Å². The average molecular weight is 370 g/mol. The van der Waals surface area contributed by atoms with E-state index in [0.717, 1.165) is 28.9 Å². The van der Waals surface area contributed by atoms with Crippen LogP contribution >= 0.6 is 15.9 Å². The van der Waals surface area contributed by atoms with Crippen molar-refractivity contribution in [1.29, 1.82) is 0 Å². The summed E-state index contributed by atoms with van der Waals surface area (Å²) >= 11 is 3.61. The average Bonchev–Trinajstić information content (AvgIpc) is 2.80. The highest BCUT2D eigenvalue weighted by molar-refractivity contribution is 9.10. The van der Waals surface area contributed by atoms with Crippen LogP contribution in [0, 0.1) is 0 Å². The van der Waals surface area contributed by atoms with E-state index >= 15 is 0 Å². The molecule has 1 N–H and O–H groups in total. The van der Waals surface area contributed by atoms with Crippen LogP contribution in [0.3, 0.4) is 0 Å². The molecule has 22 heavy (non-hydrogen) atoms. The molecule has 0 amide bonds. The molecule has 0 bridgehead atoms. The Bertz CT molecular complexity index is 457. The van der Waals surface area contributed by atoms with Crippen molar-refractivity contribution in [1.82, 2.24) is 5.32 Å². The van der Waals surface area contributed by atoms with Gasteiger partial charge in [0.15, 0.2) is 11.5 Å². The van der Waals surface area contributed by atoms with Gasteiger partial charge in [-0.3, -0.25) is 0 Å². The van der Waals surface area contributed by atoms with E-state index in [1.807, 2.05) is 0 Å².